The molecule has 1 aromatic carbocycles. The molecule has 148 valence electrons. The fourth-order valence-electron chi connectivity index (χ4n) is 3.71. The van der Waals surface area contributed by atoms with E-state index in [1.807, 2.05) is 25.1 Å². The van der Waals surface area contributed by atoms with Gasteiger partial charge in [0.15, 0.2) is 0 Å². The summed E-state index contributed by atoms with van der Waals surface area (Å²) in [6, 6.07) is 5.70. The van der Waals surface area contributed by atoms with Crippen molar-refractivity contribution in [2.45, 2.75) is 38.6 Å². The second kappa shape index (κ2) is 9.08. The number of aliphatic carboxylic acids is 1. The van der Waals surface area contributed by atoms with E-state index in [2.05, 4.69) is 0 Å². The van der Waals surface area contributed by atoms with Crippen molar-refractivity contribution in [2.24, 2.45) is 5.92 Å². The minimum Gasteiger partial charge on any atom is -0.494 e. The van der Waals surface area contributed by atoms with E-state index in [9.17, 15) is 9.59 Å². The summed E-state index contributed by atoms with van der Waals surface area (Å²) >= 11 is 0. The minimum absolute atomic E-state index is 0.0294. The van der Waals surface area contributed by atoms with Crippen LogP contribution >= 0.6 is 0 Å². The summed E-state index contributed by atoms with van der Waals surface area (Å²) in [6.45, 7) is 4.24. The number of nitrogens with zero attached hydrogens (tertiary/aromatic N) is 1. The number of rotatable bonds is 7. The molecule has 0 radical (unpaired) electrons. The van der Waals surface area contributed by atoms with Crippen LogP contribution in [0.5, 0.6) is 11.5 Å². The Labute approximate surface area is 159 Å². The molecule has 1 atom stereocenters. The molecule has 1 fully saturated rings. The highest BCUT2D eigenvalue weighted by Crippen LogP contribution is 2.32. The van der Waals surface area contributed by atoms with Crippen molar-refractivity contribution in [3.05, 3.63) is 23.8 Å². The van der Waals surface area contributed by atoms with Gasteiger partial charge in [-0.25, -0.2) is 0 Å². The number of carbonyl (C=O) groups is 2. The molecule has 0 unspecified atom stereocenters. The lowest BCUT2D eigenvalue weighted by atomic mass is 9.94. The molecule has 2 heterocycles. The van der Waals surface area contributed by atoms with Crippen LogP contribution in [0.2, 0.25) is 0 Å². The Balaban J connectivity index is 1.73. The van der Waals surface area contributed by atoms with E-state index in [0.717, 1.165) is 29.9 Å². The molecular formula is C20H27NO6. The number of ether oxygens (including phenoxy) is 3. The van der Waals surface area contributed by atoms with E-state index in [-0.39, 0.29) is 30.8 Å². The van der Waals surface area contributed by atoms with Gasteiger partial charge in [0.2, 0.25) is 5.91 Å². The molecule has 0 aromatic heterocycles. The van der Waals surface area contributed by atoms with E-state index >= 15 is 0 Å². The number of benzene rings is 1. The monoisotopic (exact) mass is 377 g/mol. The Morgan fingerprint density at radius 3 is 2.78 bits per heavy atom. The van der Waals surface area contributed by atoms with Gasteiger partial charge in [-0.2, -0.15) is 0 Å². The average molecular weight is 377 g/mol. The third-order valence-electron chi connectivity index (χ3n) is 5.08. The molecule has 3 rings (SSSR count). The predicted molar refractivity (Wildman–Crippen MR) is 98.1 cm³/mol. The Morgan fingerprint density at radius 1 is 1.30 bits per heavy atom. The molecular weight excluding hydrogens is 350 g/mol. The van der Waals surface area contributed by atoms with E-state index in [1.54, 1.807) is 4.90 Å². The van der Waals surface area contributed by atoms with E-state index < -0.39 is 5.97 Å². The number of hydrogen-bond donors (Lipinski definition) is 1. The average Bonchev–Trinajstić information content (AvgIpc) is 2.68. The van der Waals surface area contributed by atoms with Crippen molar-refractivity contribution in [2.75, 3.05) is 33.0 Å². The second-order valence-electron chi connectivity index (χ2n) is 6.93. The van der Waals surface area contributed by atoms with Gasteiger partial charge >= 0.3 is 5.97 Å². The maximum atomic E-state index is 13.2. The van der Waals surface area contributed by atoms with Crippen LogP contribution in [0.1, 0.15) is 31.7 Å². The minimum atomic E-state index is -0.897. The van der Waals surface area contributed by atoms with Crippen LogP contribution in [0.25, 0.3) is 0 Å². The zero-order valence-corrected chi connectivity index (χ0v) is 15.7. The van der Waals surface area contributed by atoms with Crippen molar-refractivity contribution < 1.29 is 28.9 Å². The Hall–Kier alpha value is -2.28. The first-order valence-corrected chi connectivity index (χ1v) is 9.57. The number of hydrogen-bond acceptors (Lipinski definition) is 5. The van der Waals surface area contributed by atoms with Gasteiger partial charge in [0.1, 0.15) is 18.1 Å². The molecule has 27 heavy (non-hydrogen) atoms. The number of carboxylic acid groups (broad SMARTS) is 1. The maximum absolute atomic E-state index is 13.2. The molecule has 7 heteroatoms. The van der Waals surface area contributed by atoms with Gasteiger partial charge in [0.05, 0.1) is 18.9 Å². The first-order valence-electron chi connectivity index (χ1n) is 9.57. The van der Waals surface area contributed by atoms with Crippen molar-refractivity contribution in [3.63, 3.8) is 0 Å². The Bertz CT molecular complexity index is 670. The summed E-state index contributed by atoms with van der Waals surface area (Å²) in [5.41, 5.74) is 0.954. The topological polar surface area (TPSA) is 85.3 Å². The molecule has 0 spiro atoms. The fourth-order valence-corrected chi connectivity index (χ4v) is 3.71. The van der Waals surface area contributed by atoms with Gasteiger partial charge < -0.3 is 24.2 Å². The maximum Gasteiger partial charge on any atom is 0.305 e. The molecule has 1 saturated heterocycles. The second-order valence-corrected chi connectivity index (χ2v) is 6.93. The molecule has 0 saturated carbocycles. The zero-order valence-electron chi connectivity index (χ0n) is 15.7. The zero-order chi connectivity index (χ0) is 19.2. The Kier molecular flexibility index (Phi) is 6.55. The molecule has 2 aliphatic heterocycles. The van der Waals surface area contributed by atoms with Gasteiger partial charge in [0.25, 0.3) is 0 Å². The van der Waals surface area contributed by atoms with E-state index in [4.69, 9.17) is 19.3 Å². The van der Waals surface area contributed by atoms with Gasteiger partial charge in [-0.3, -0.25) is 9.59 Å². The standard InChI is InChI=1S/C20H27NO6/c1-2-26-17-3-4-18-14(12-17)11-15(13-27-18)20(24)21(8-5-19(22)23)16-6-9-25-10-7-16/h3-4,12,15-16H,2,5-11,13H2,1H3,(H,22,23)/t15-/m0/s1. The first-order chi connectivity index (χ1) is 13.1. The molecule has 0 bridgehead atoms. The van der Waals surface area contributed by atoms with Crippen LogP contribution in [0.3, 0.4) is 0 Å². The summed E-state index contributed by atoms with van der Waals surface area (Å²) in [4.78, 5) is 26.0. The highest BCUT2D eigenvalue weighted by atomic mass is 16.5. The fraction of sp³-hybridized carbons (Fsp3) is 0.600. The van der Waals surface area contributed by atoms with Gasteiger partial charge in [-0.15, -0.1) is 0 Å². The quantitative estimate of drug-likeness (QED) is 0.783. The van der Waals surface area contributed by atoms with Gasteiger partial charge in [-0.1, -0.05) is 0 Å². The van der Waals surface area contributed by atoms with Crippen molar-refractivity contribution in [1.82, 2.24) is 4.90 Å². The van der Waals surface area contributed by atoms with Crippen LogP contribution in [0.4, 0.5) is 0 Å². The van der Waals surface area contributed by atoms with Crippen LogP contribution < -0.4 is 9.47 Å². The predicted octanol–water partition coefficient (Wildman–Crippen LogP) is 2.12. The number of fused-ring (bicyclic) bond motifs is 1. The molecule has 2 aliphatic rings. The van der Waals surface area contributed by atoms with Crippen LogP contribution in [0, 0.1) is 5.92 Å². The van der Waals surface area contributed by atoms with Crippen LogP contribution in [-0.2, 0) is 20.7 Å². The van der Waals surface area contributed by atoms with Crippen LogP contribution in [0.15, 0.2) is 18.2 Å². The van der Waals surface area contributed by atoms with Gasteiger partial charge in [-0.05, 0) is 49.9 Å². The summed E-state index contributed by atoms with van der Waals surface area (Å²) in [5.74, 6) is 0.304. The Morgan fingerprint density at radius 2 is 2.07 bits per heavy atom. The lowest BCUT2D eigenvalue weighted by Crippen LogP contribution is -2.49. The van der Waals surface area contributed by atoms with Crippen molar-refractivity contribution >= 4 is 11.9 Å². The van der Waals surface area contributed by atoms with Crippen molar-refractivity contribution in [1.29, 1.82) is 0 Å². The van der Waals surface area contributed by atoms with Crippen molar-refractivity contribution in [3.8, 4) is 11.5 Å². The summed E-state index contributed by atoms with van der Waals surface area (Å²) in [6.07, 6.45) is 2.00. The smallest absolute Gasteiger partial charge is 0.305 e. The number of amides is 1. The molecule has 1 amide bonds. The summed E-state index contributed by atoms with van der Waals surface area (Å²) in [7, 11) is 0. The highest BCUT2D eigenvalue weighted by Gasteiger charge is 2.34. The number of carboxylic acids is 1. The van der Waals surface area contributed by atoms with E-state index in [0.29, 0.717) is 32.8 Å². The third-order valence-corrected chi connectivity index (χ3v) is 5.08. The summed E-state index contributed by atoms with van der Waals surface area (Å²) in [5, 5.41) is 9.06. The molecule has 1 aromatic rings. The SMILES string of the molecule is CCOc1ccc2c(c1)C[C@H](C(=O)N(CCC(=O)O)C1CCOCC1)CO2. The first kappa shape index (κ1) is 19.5. The lowest BCUT2D eigenvalue weighted by molar-refractivity contribution is -0.143. The molecule has 7 nitrogen and oxygen atoms in total. The highest BCUT2D eigenvalue weighted by molar-refractivity contribution is 5.81. The van der Waals surface area contributed by atoms with Gasteiger partial charge in [0, 0.05) is 25.8 Å². The lowest BCUT2D eigenvalue weighted by Gasteiger charge is -2.37. The summed E-state index contributed by atoms with van der Waals surface area (Å²) < 4.78 is 16.7. The largest absolute Gasteiger partial charge is 0.494 e. The van der Waals surface area contributed by atoms with E-state index in [1.165, 1.54) is 0 Å². The number of carbonyl (C=O) groups excluding carboxylic acids is 1. The normalized spacial score (nSPS) is 19.7. The third kappa shape index (κ3) is 4.91. The van der Waals surface area contributed by atoms with Crippen LogP contribution in [-0.4, -0.2) is 60.9 Å². The molecule has 0 aliphatic carbocycles. The molecule has 1 N–H and O–H groups in total.